The van der Waals surface area contributed by atoms with Gasteiger partial charge in [-0.2, -0.15) is 0 Å². The van der Waals surface area contributed by atoms with Gasteiger partial charge in [-0.3, -0.25) is 0 Å². The molecule has 1 aromatic heterocycles. The second-order valence-corrected chi connectivity index (χ2v) is 6.87. The van der Waals surface area contributed by atoms with E-state index < -0.39 is 15.8 Å². The maximum atomic E-state index is 13.9. The fourth-order valence-corrected chi connectivity index (χ4v) is 2.84. The summed E-state index contributed by atoms with van der Waals surface area (Å²) < 4.78 is 41.7. The molecule has 0 saturated carbocycles. The molecule has 134 valence electrons. The zero-order valence-corrected chi connectivity index (χ0v) is 14.5. The quantitative estimate of drug-likeness (QED) is 0.711. The molecule has 2 aromatic carbocycles. The maximum absolute atomic E-state index is 13.9. The van der Waals surface area contributed by atoms with Crippen LogP contribution in [-0.4, -0.2) is 25.5 Å². The van der Waals surface area contributed by atoms with Crippen LogP contribution in [0.4, 0.5) is 16.0 Å². The van der Waals surface area contributed by atoms with Crippen molar-refractivity contribution in [3.05, 3.63) is 60.5 Å². The molecule has 3 rings (SSSR count). The summed E-state index contributed by atoms with van der Waals surface area (Å²) in [6, 6.07) is 12.1. The summed E-state index contributed by atoms with van der Waals surface area (Å²) in [5.41, 5.74) is 1.49. The number of benzene rings is 2. The highest BCUT2D eigenvalue weighted by Gasteiger charge is 2.10. The van der Waals surface area contributed by atoms with Gasteiger partial charge in [-0.1, -0.05) is 6.07 Å². The molecule has 0 atom stereocenters. The van der Waals surface area contributed by atoms with Crippen LogP contribution in [0, 0.1) is 5.82 Å². The molecule has 0 saturated heterocycles. The number of ether oxygens (including phenoxy) is 1. The Hall–Kier alpha value is -3.04. The van der Waals surface area contributed by atoms with Crippen molar-refractivity contribution >= 4 is 21.7 Å². The second kappa shape index (κ2) is 7.06. The van der Waals surface area contributed by atoms with Crippen molar-refractivity contribution in [1.82, 2.24) is 9.97 Å². The number of primary sulfonamides is 1. The molecule has 0 amide bonds. The molecule has 3 N–H and O–H groups in total. The van der Waals surface area contributed by atoms with Gasteiger partial charge in [0.2, 0.25) is 16.0 Å². The summed E-state index contributed by atoms with van der Waals surface area (Å²) in [5.74, 6) is -0.134. The molecule has 0 aliphatic rings. The van der Waals surface area contributed by atoms with Crippen LogP contribution in [0.25, 0.3) is 11.3 Å². The monoisotopic (exact) mass is 374 g/mol. The van der Waals surface area contributed by atoms with Gasteiger partial charge in [0, 0.05) is 17.4 Å². The first-order chi connectivity index (χ1) is 12.4. The summed E-state index contributed by atoms with van der Waals surface area (Å²) in [7, 11) is -2.43. The Kier molecular flexibility index (Phi) is 4.83. The molecule has 0 unspecified atom stereocenters. The van der Waals surface area contributed by atoms with E-state index >= 15 is 0 Å². The highest BCUT2D eigenvalue weighted by Crippen LogP contribution is 2.25. The molecule has 9 heteroatoms. The van der Waals surface area contributed by atoms with Crippen LogP contribution in [0.15, 0.2) is 59.6 Å². The van der Waals surface area contributed by atoms with Crippen molar-refractivity contribution in [2.75, 3.05) is 12.4 Å². The van der Waals surface area contributed by atoms with E-state index in [1.54, 1.807) is 24.3 Å². The number of sulfonamides is 1. The number of aromatic nitrogens is 2. The van der Waals surface area contributed by atoms with Crippen molar-refractivity contribution in [3.63, 3.8) is 0 Å². The third kappa shape index (κ3) is 3.95. The van der Waals surface area contributed by atoms with E-state index in [1.165, 1.54) is 37.6 Å². The Morgan fingerprint density at radius 1 is 1.15 bits per heavy atom. The molecular formula is C17H15FN4O3S. The first kappa shape index (κ1) is 17.8. The SMILES string of the molecule is COc1ccc(-c2ccnc(Nc3cccc(S(N)(=O)=O)c3)n2)cc1F. The van der Waals surface area contributed by atoms with Crippen molar-refractivity contribution in [3.8, 4) is 17.0 Å². The molecule has 7 nitrogen and oxygen atoms in total. The van der Waals surface area contributed by atoms with Gasteiger partial charge in [-0.25, -0.2) is 27.9 Å². The summed E-state index contributed by atoms with van der Waals surface area (Å²) in [6.07, 6.45) is 1.51. The lowest BCUT2D eigenvalue weighted by Crippen LogP contribution is -2.12. The lowest BCUT2D eigenvalue weighted by molar-refractivity contribution is 0.386. The second-order valence-electron chi connectivity index (χ2n) is 5.31. The van der Waals surface area contributed by atoms with Crippen molar-refractivity contribution < 1.29 is 17.5 Å². The molecule has 1 heterocycles. The normalized spacial score (nSPS) is 11.2. The molecule has 0 aliphatic carbocycles. The van der Waals surface area contributed by atoms with Crippen molar-refractivity contribution in [1.29, 1.82) is 0 Å². The van der Waals surface area contributed by atoms with Crippen LogP contribution >= 0.6 is 0 Å². The van der Waals surface area contributed by atoms with Gasteiger partial charge < -0.3 is 10.1 Å². The fraction of sp³-hybridized carbons (Fsp3) is 0.0588. The number of methoxy groups -OCH3 is 1. The molecule has 0 radical (unpaired) electrons. The predicted molar refractivity (Wildman–Crippen MR) is 95.1 cm³/mol. The Bertz CT molecular complexity index is 1060. The minimum absolute atomic E-state index is 0.0316. The van der Waals surface area contributed by atoms with E-state index in [9.17, 15) is 12.8 Å². The van der Waals surface area contributed by atoms with Crippen LogP contribution in [0.1, 0.15) is 0 Å². The Morgan fingerprint density at radius 2 is 1.96 bits per heavy atom. The minimum atomic E-state index is -3.81. The van der Waals surface area contributed by atoms with Crippen LogP contribution in [-0.2, 0) is 10.0 Å². The van der Waals surface area contributed by atoms with E-state index in [0.717, 1.165) is 0 Å². The zero-order valence-electron chi connectivity index (χ0n) is 13.7. The Labute approximate surface area is 149 Å². The van der Waals surface area contributed by atoms with E-state index in [0.29, 0.717) is 16.9 Å². The van der Waals surface area contributed by atoms with Gasteiger partial charge in [0.25, 0.3) is 0 Å². The standard InChI is InChI=1S/C17H15FN4O3S/c1-25-16-6-5-11(9-14(16)18)15-7-8-20-17(22-15)21-12-3-2-4-13(10-12)26(19,23)24/h2-10H,1H3,(H2,19,23,24)(H,20,21,22). The lowest BCUT2D eigenvalue weighted by Gasteiger charge is -2.08. The summed E-state index contributed by atoms with van der Waals surface area (Å²) in [5, 5.41) is 8.03. The molecule has 0 spiro atoms. The summed E-state index contributed by atoms with van der Waals surface area (Å²) in [4.78, 5) is 8.37. The van der Waals surface area contributed by atoms with Gasteiger partial charge in [0.15, 0.2) is 11.6 Å². The number of nitrogens with two attached hydrogens (primary N) is 1. The molecule has 3 aromatic rings. The highest BCUT2D eigenvalue weighted by atomic mass is 32.2. The number of rotatable bonds is 5. The molecule has 0 bridgehead atoms. The smallest absolute Gasteiger partial charge is 0.238 e. The van der Waals surface area contributed by atoms with Gasteiger partial charge in [0.1, 0.15) is 0 Å². The number of hydrogen-bond donors (Lipinski definition) is 2. The predicted octanol–water partition coefficient (Wildman–Crippen LogP) is 2.68. The number of anilines is 2. The third-order valence-electron chi connectivity index (χ3n) is 3.52. The van der Waals surface area contributed by atoms with Crippen molar-refractivity contribution in [2.24, 2.45) is 5.14 Å². The number of hydrogen-bond acceptors (Lipinski definition) is 6. The van der Waals surface area contributed by atoms with E-state index in [2.05, 4.69) is 15.3 Å². The lowest BCUT2D eigenvalue weighted by atomic mass is 10.1. The summed E-state index contributed by atoms with van der Waals surface area (Å²) >= 11 is 0. The van der Waals surface area contributed by atoms with Gasteiger partial charge >= 0.3 is 0 Å². The molecule has 0 aliphatic heterocycles. The average molecular weight is 374 g/mol. The maximum Gasteiger partial charge on any atom is 0.238 e. The van der Waals surface area contributed by atoms with Crippen molar-refractivity contribution in [2.45, 2.75) is 4.90 Å². The highest BCUT2D eigenvalue weighted by molar-refractivity contribution is 7.89. The van der Waals surface area contributed by atoms with Gasteiger partial charge in [-0.15, -0.1) is 0 Å². The molecule has 0 fully saturated rings. The molecule has 26 heavy (non-hydrogen) atoms. The van der Waals surface area contributed by atoms with Crippen LogP contribution < -0.4 is 15.2 Å². The topological polar surface area (TPSA) is 107 Å². The van der Waals surface area contributed by atoms with E-state index in [-0.39, 0.29) is 16.6 Å². The summed E-state index contributed by atoms with van der Waals surface area (Å²) in [6.45, 7) is 0. The zero-order chi connectivity index (χ0) is 18.7. The Balaban J connectivity index is 1.90. The minimum Gasteiger partial charge on any atom is -0.494 e. The van der Waals surface area contributed by atoms with Crippen LogP contribution in [0.2, 0.25) is 0 Å². The van der Waals surface area contributed by atoms with Gasteiger partial charge in [-0.05, 0) is 42.5 Å². The van der Waals surface area contributed by atoms with Crippen LogP contribution in [0.3, 0.4) is 0 Å². The first-order valence-electron chi connectivity index (χ1n) is 7.43. The Morgan fingerprint density at radius 3 is 2.65 bits per heavy atom. The van der Waals surface area contributed by atoms with E-state index in [4.69, 9.17) is 9.88 Å². The fourth-order valence-electron chi connectivity index (χ4n) is 2.29. The van der Waals surface area contributed by atoms with Crippen LogP contribution in [0.5, 0.6) is 5.75 Å². The largest absolute Gasteiger partial charge is 0.494 e. The number of nitrogens with zero attached hydrogens (tertiary/aromatic N) is 2. The van der Waals surface area contributed by atoms with E-state index in [1.807, 2.05) is 0 Å². The number of halogens is 1. The number of nitrogens with one attached hydrogen (secondary N) is 1. The molecular weight excluding hydrogens is 359 g/mol. The van der Waals surface area contributed by atoms with Gasteiger partial charge in [0.05, 0.1) is 17.7 Å². The average Bonchev–Trinajstić information content (AvgIpc) is 2.61. The first-order valence-corrected chi connectivity index (χ1v) is 8.98. The third-order valence-corrected chi connectivity index (χ3v) is 4.43.